The van der Waals surface area contributed by atoms with Crippen molar-refractivity contribution in [3.63, 3.8) is 0 Å². The minimum Gasteiger partial charge on any atom is -0.325 e. The molecule has 4 heteroatoms. The Morgan fingerprint density at radius 1 is 1.44 bits per heavy atom. The van der Waals surface area contributed by atoms with E-state index in [-0.39, 0.29) is 0 Å². The van der Waals surface area contributed by atoms with Crippen molar-refractivity contribution in [2.75, 3.05) is 13.1 Å². The lowest BCUT2D eigenvalue weighted by atomic mass is 10.1. The van der Waals surface area contributed by atoms with Gasteiger partial charge in [0.2, 0.25) is 0 Å². The number of halogens is 1. The largest absolute Gasteiger partial charge is 0.325 e. The molecule has 1 aliphatic heterocycles. The number of imidazole rings is 1. The summed E-state index contributed by atoms with van der Waals surface area (Å²) in [7, 11) is 0. The first-order valence-electron chi connectivity index (χ1n) is 6.55. The van der Waals surface area contributed by atoms with Crippen LogP contribution in [0, 0.1) is 0 Å². The van der Waals surface area contributed by atoms with Crippen LogP contribution < -0.4 is 5.32 Å². The summed E-state index contributed by atoms with van der Waals surface area (Å²) in [4.78, 5) is 4.82. The number of hydrogen-bond acceptors (Lipinski definition) is 2. The van der Waals surface area contributed by atoms with Gasteiger partial charge >= 0.3 is 0 Å². The third-order valence-electron chi connectivity index (χ3n) is 3.62. The van der Waals surface area contributed by atoms with Gasteiger partial charge < -0.3 is 9.88 Å². The number of benzene rings is 1. The SMILES string of the molecule is CC(C)n1c(C2CCNC2)nc2ccc(Cl)cc21. The molecule has 1 fully saturated rings. The van der Waals surface area contributed by atoms with Crippen molar-refractivity contribution < 1.29 is 0 Å². The van der Waals surface area contributed by atoms with Crippen molar-refractivity contribution in [3.8, 4) is 0 Å². The van der Waals surface area contributed by atoms with Crippen LogP contribution >= 0.6 is 11.6 Å². The van der Waals surface area contributed by atoms with E-state index in [2.05, 4.69) is 23.7 Å². The van der Waals surface area contributed by atoms with Crippen molar-refractivity contribution >= 4 is 22.6 Å². The number of hydrogen-bond donors (Lipinski definition) is 1. The fourth-order valence-electron chi connectivity index (χ4n) is 2.79. The van der Waals surface area contributed by atoms with E-state index in [4.69, 9.17) is 16.6 Å². The van der Waals surface area contributed by atoms with Crippen LogP contribution in [0.5, 0.6) is 0 Å². The smallest absolute Gasteiger partial charge is 0.114 e. The normalized spacial score (nSPS) is 20.1. The van der Waals surface area contributed by atoms with Crippen LogP contribution in [-0.4, -0.2) is 22.6 Å². The van der Waals surface area contributed by atoms with Gasteiger partial charge in [0.05, 0.1) is 11.0 Å². The molecule has 1 saturated heterocycles. The lowest BCUT2D eigenvalue weighted by Crippen LogP contribution is -2.14. The Hall–Kier alpha value is -1.06. The van der Waals surface area contributed by atoms with Gasteiger partial charge in [0.25, 0.3) is 0 Å². The summed E-state index contributed by atoms with van der Waals surface area (Å²) >= 11 is 6.11. The topological polar surface area (TPSA) is 29.9 Å². The summed E-state index contributed by atoms with van der Waals surface area (Å²) in [6, 6.07) is 6.36. The molecule has 0 radical (unpaired) electrons. The van der Waals surface area contributed by atoms with Gasteiger partial charge in [-0.1, -0.05) is 11.6 Å². The molecule has 96 valence electrons. The van der Waals surface area contributed by atoms with Crippen LogP contribution in [0.15, 0.2) is 18.2 Å². The summed E-state index contributed by atoms with van der Waals surface area (Å²) < 4.78 is 2.33. The number of rotatable bonds is 2. The van der Waals surface area contributed by atoms with Gasteiger partial charge in [-0.15, -0.1) is 0 Å². The first-order chi connectivity index (χ1) is 8.66. The third kappa shape index (κ3) is 1.91. The van der Waals surface area contributed by atoms with Gasteiger partial charge in [-0.25, -0.2) is 4.98 Å². The minimum atomic E-state index is 0.407. The van der Waals surface area contributed by atoms with Crippen LogP contribution in [0.1, 0.15) is 38.1 Å². The average molecular weight is 264 g/mol. The van der Waals surface area contributed by atoms with Gasteiger partial charge in [0.15, 0.2) is 0 Å². The van der Waals surface area contributed by atoms with E-state index in [1.54, 1.807) is 0 Å². The van der Waals surface area contributed by atoms with Crippen molar-refractivity contribution in [2.45, 2.75) is 32.2 Å². The summed E-state index contributed by atoms with van der Waals surface area (Å²) in [5, 5.41) is 4.19. The molecule has 1 aromatic heterocycles. The zero-order valence-electron chi connectivity index (χ0n) is 10.8. The maximum atomic E-state index is 6.11. The molecule has 0 aliphatic carbocycles. The van der Waals surface area contributed by atoms with Crippen LogP contribution in [-0.2, 0) is 0 Å². The number of aromatic nitrogens is 2. The van der Waals surface area contributed by atoms with Crippen LogP contribution in [0.2, 0.25) is 5.02 Å². The highest BCUT2D eigenvalue weighted by Crippen LogP contribution is 2.30. The summed E-state index contributed by atoms with van der Waals surface area (Å²) in [5.41, 5.74) is 2.20. The molecule has 1 aromatic carbocycles. The molecule has 2 aromatic rings. The third-order valence-corrected chi connectivity index (χ3v) is 3.86. The second kappa shape index (κ2) is 4.56. The van der Waals surface area contributed by atoms with Gasteiger partial charge in [0.1, 0.15) is 5.82 Å². The Morgan fingerprint density at radius 2 is 2.28 bits per heavy atom. The Kier molecular flexibility index (Phi) is 3.04. The predicted molar refractivity (Wildman–Crippen MR) is 75.4 cm³/mol. The van der Waals surface area contributed by atoms with E-state index < -0.39 is 0 Å². The zero-order chi connectivity index (χ0) is 12.7. The van der Waals surface area contributed by atoms with Crippen LogP contribution in [0.3, 0.4) is 0 Å². The zero-order valence-corrected chi connectivity index (χ0v) is 11.5. The molecule has 3 rings (SSSR count). The Morgan fingerprint density at radius 3 is 2.94 bits per heavy atom. The fraction of sp³-hybridized carbons (Fsp3) is 0.500. The molecule has 0 amide bonds. The molecule has 3 nitrogen and oxygen atoms in total. The number of nitrogens with zero attached hydrogens (tertiary/aromatic N) is 2. The van der Waals surface area contributed by atoms with Gasteiger partial charge in [-0.2, -0.15) is 0 Å². The highest BCUT2D eigenvalue weighted by atomic mass is 35.5. The van der Waals surface area contributed by atoms with Crippen molar-refractivity contribution in [1.82, 2.24) is 14.9 Å². The highest BCUT2D eigenvalue weighted by Gasteiger charge is 2.24. The molecule has 1 aliphatic rings. The molecule has 0 spiro atoms. The lowest BCUT2D eigenvalue weighted by molar-refractivity contribution is 0.550. The van der Waals surface area contributed by atoms with E-state index in [1.165, 1.54) is 12.2 Å². The standard InChI is InChI=1S/C14H18ClN3/c1-9(2)18-13-7-11(15)3-4-12(13)17-14(18)10-5-6-16-8-10/h3-4,7,9-10,16H,5-6,8H2,1-2H3. The minimum absolute atomic E-state index is 0.407. The highest BCUT2D eigenvalue weighted by molar-refractivity contribution is 6.31. The Bertz CT molecular complexity index is 568. The van der Waals surface area contributed by atoms with E-state index in [0.29, 0.717) is 12.0 Å². The van der Waals surface area contributed by atoms with E-state index in [9.17, 15) is 0 Å². The summed E-state index contributed by atoms with van der Waals surface area (Å²) in [6.45, 7) is 6.53. The first kappa shape index (κ1) is 12.0. The van der Waals surface area contributed by atoms with Crippen LogP contribution in [0.25, 0.3) is 11.0 Å². The Labute approximate surface area is 112 Å². The fourth-order valence-corrected chi connectivity index (χ4v) is 2.96. The maximum absolute atomic E-state index is 6.11. The summed E-state index contributed by atoms with van der Waals surface area (Å²) in [5.74, 6) is 1.73. The predicted octanol–water partition coefficient (Wildman–Crippen LogP) is 3.35. The molecular weight excluding hydrogens is 246 g/mol. The quantitative estimate of drug-likeness (QED) is 0.901. The van der Waals surface area contributed by atoms with E-state index in [0.717, 1.165) is 29.1 Å². The second-order valence-electron chi connectivity index (χ2n) is 5.26. The number of nitrogens with one attached hydrogen (secondary N) is 1. The van der Waals surface area contributed by atoms with Crippen molar-refractivity contribution in [1.29, 1.82) is 0 Å². The molecule has 18 heavy (non-hydrogen) atoms. The van der Waals surface area contributed by atoms with E-state index in [1.807, 2.05) is 18.2 Å². The molecule has 2 heterocycles. The van der Waals surface area contributed by atoms with Crippen molar-refractivity contribution in [3.05, 3.63) is 29.0 Å². The van der Waals surface area contributed by atoms with Crippen LogP contribution in [0.4, 0.5) is 0 Å². The maximum Gasteiger partial charge on any atom is 0.114 e. The molecule has 1 unspecified atom stereocenters. The molecular formula is C14H18ClN3. The Balaban J connectivity index is 2.20. The van der Waals surface area contributed by atoms with Gasteiger partial charge in [-0.3, -0.25) is 0 Å². The molecule has 0 saturated carbocycles. The van der Waals surface area contributed by atoms with Gasteiger partial charge in [-0.05, 0) is 45.0 Å². The molecule has 1 N–H and O–H groups in total. The van der Waals surface area contributed by atoms with E-state index >= 15 is 0 Å². The number of fused-ring (bicyclic) bond motifs is 1. The average Bonchev–Trinajstić information content (AvgIpc) is 2.94. The monoisotopic (exact) mass is 263 g/mol. The lowest BCUT2D eigenvalue weighted by Gasteiger charge is -2.16. The first-order valence-corrected chi connectivity index (χ1v) is 6.92. The molecule has 1 atom stereocenters. The summed E-state index contributed by atoms with van der Waals surface area (Å²) in [6.07, 6.45) is 1.17. The molecule has 0 bridgehead atoms. The van der Waals surface area contributed by atoms with Crippen molar-refractivity contribution in [2.24, 2.45) is 0 Å². The van der Waals surface area contributed by atoms with Gasteiger partial charge in [0, 0.05) is 23.5 Å². The second-order valence-corrected chi connectivity index (χ2v) is 5.69.